The van der Waals surface area contributed by atoms with E-state index in [-0.39, 0.29) is 12.0 Å². The molecule has 6 rings (SSSR count). The Hall–Kier alpha value is -3.65. The first kappa shape index (κ1) is 20.9. The number of nitrogens with zero attached hydrogens (tertiary/aromatic N) is 5. The number of aryl methyl sites for hydroxylation is 1. The number of nitrogens with one attached hydrogen (secondary N) is 1. The number of imidazole rings is 1. The molecule has 1 N–H and O–H groups in total. The van der Waals surface area contributed by atoms with Crippen LogP contribution >= 0.6 is 11.3 Å². The van der Waals surface area contributed by atoms with Gasteiger partial charge in [0.2, 0.25) is 0 Å². The van der Waals surface area contributed by atoms with Gasteiger partial charge in [-0.25, -0.2) is 15.0 Å². The smallest absolute Gasteiger partial charge is 0.199 e. The summed E-state index contributed by atoms with van der Waals surface area (Å²) in [5, 5.41) is 4.69. The largest absolute Gasteiger partial charge is 0.367 e. The van der Waals surface area contributed by atoms with Crippen LogP contribution in [0.25, 0.3) is 33.0 Å². The van der Waals surface area contributed by atoms with Gasteiger partial charge in [-0.15, -0.1) is 11.3 Å². The van der Waals surface area contributed by atoms with E-state index in [0.717, 1.165) is 69.1 Å². The second-order valence-electron chi connectivity index (χ2n) is 8.79. The molecule has 34 heavy (non-hydrogen) atoms. The maximum Gasteiger partial charge on any atom is 0.199 e. The van der Waals surface area contributed by atoms with Crippen LogP contribution in [0, 0.1) is 5.92 Å². The summed E-state index contributed by atoms with van der Waals surface area (Å²) in [6, 6.07) is 10.6. The van der Waals surface area contributed by atoms with E-state index in [1.165, 1.54) is 0 Å². The Bertz CT molecular complexity index is 1430. The SMILES string of the molecule is Cn1ccnc1-c1nc(N[C@@H]2CC[C@H](C=O)C2)c2c(-c3ccccc3)c(C3=NCC=C3)sc2n1. The van der Waals surface area contributed by atoms with Crippen molar-refractivity contribution in [2.45, 2.75) is 25.3 Å². The number of hydrogen-bond acceptors (Lipinski definition) is 7. The highest BCUT2D eigenvalue weighted by Crippen LogP contribution is 2.43. The highest BCUT2D eigenvalue weighted by molar-refractivity contribution is 7.21. The van der Waals surface area contributed by atoms with E-state index in [1.54, 1.807) is 17.5 Å². The molecule has 4 heterocycles. The number of aromatic nitrogens is 4. The third-order valence-electron chi connectivity index (χ3n) is 6.52. The zero-order valence-electron chi connectivity index (χ0n) is 18.8. The maximum atomic E-state index is 11.4. The fraction of sp³-hybridized carbons (Fsp3) is 0.269. The van der Waals surface area contributed by atoms with Crippen LogP contribution in [0.3, 0.4) is 0 Å². The van der Waals surface area contributed by atoms with E-state index in [9.17, 15) is 4.79 Å². The molecule has 0 bridgehead atoms. The minimum Gasteiger partial charge on any atom is -0.367 e. The van der Waals surface area contributed by atoms with Gasteiger partial charge in [0.15, 0.2) is 11.6 Å². The molecule has 1 saturated carbocycles. The quantitative estimate of drug-likeness (QED) is 0.407. The lowest BCUT2D eigenvalue weighted by molar-refractivity contribution is -0.110. The topological polar surface area (TPSA) is 85.1 Å². The normalized spacial score (nSPS) is 19.6. The molecule has 0 unspecified atom stereocenters. The van der Waals surface area contributed by atoms with Crippen molar-refractivity contribution in [3.8, 4) is 22.8 Å². The lowest BCUT2D eigenvalue weighted by Gasteiger charge is -2.16. The average molecular weight is 469 g/mol. The third-order valence-corrected chi connectivity index (χ3v) is 7.62. The van der Waals surface area contributed by atoms with Crippen molar-refractivity contribution in [3.63, 3.8) is 0 Å². The number of anilines is 1. The van der Waals surface area contributed by atoms with Gasteiger partial charge in [0.1, 0.15) is 16.9 Å². The van der Waals surface area contributed by atoms with Crippen molar-refractivity contribution in [3.05, 3.63) is 59.8 Å². The summed E-state index contributed by atoms with van der Waals surface area (Å²) < 4.78 is 1.93. The predicted molar refractivity (Wildman–Crippen MR) is 136 cm³/mol. The Labute approximate surface area is 201 Å². The molecule has 1 fully saturated rings. The van der Waals surface area contributed by atoms with E-state index in [1.807, 2.05) is 23.9 Å². The van der Waals surface area contributed by atoms with E-state index in [2.05, 4.69) is 46.7 Å². The number of hydrogen-bond donors (Lipinski definition) is 1. The van der Waals surface area contributed by atoms with Crippen molar-refractivity contribution in [2.24, 2.45) is 18.0 Å². The van der Waals surface area contributed by atoms with Gasteiger partial charge in [0.05, 0.1) is 22.5 Å². The summed E-state index contributed by atoms with van der Waals surface area (Å²) in [7, 11) is 1.95. The van der Waals surface area contributed by atoms with Gasteiger partial charge < -0.3 is 14.7 Å². The standard InChI is InChI=1S/C26H24N6OS/c1-32-13-12-28-25(32)24-30-23(29-18-10-9-16(14-18)15-33)21-20(17-6-3-2-4-7-17)22(34-26(21)31-24)19-8-5-11-27-19/h2-8,12-13,15-16,18H,9-11,14H2,1H3,(H,29,30,31)/t16-,18+/m0/s1. The fourth-order valence-corrected chi connectivity index (χ4v) is 6.01. The van der Waals surface area contributed by atoms with E-state index in [4.69, 9.17) is 15.0 Å². The summed E-state index contributed by atoms with van der Waals surface area (Å²) in [5.41, 5.74) is 3.19. The Morgan fingerprint density at radius 3 is 2.76 bits per heavy atom. The minimum atomic E-state index is 0.105. The first-order valence-electron chi connectivity index (χ1n) is 11.5. The Morgan fingerprint density at radius 2 is 2.06 bits per heavy atom. The zero-order valence-corrected chi connectivity index (χ0v) is 19.6. The lowest BCUT2D eigenvalue weighted by Crippen LogP contribution is -2.17. The van der Waals surface area contributed by atoms with Gasteiger partial charge in [-0.2, -0.15) is 0 Å². The van der Waals surface area contributed by atoms with Gasteiger partial charge in [-0.05, 0) is 30.9 Å². The van der Waals surface area contributed by atoms with Crippen molar-refractivity contribution < 1.29 is 4.79 Å². The van der Waals surface area contributed by atoms with Crippen molar-refractivity contribution in [1.82, 2.24) is 19.5 Å². The second-order valence-corrected chi connectivity index (χ2v) is 9.79. The maximum absolute atomic E-state index is 11.4. The molecule has 0 spiro atoms. The summed E-state index contributed by atoms with van der Waals surface area (Å²) in [6.07, 6.45) is 11.6. The van der Waals surface area contributed by atoms with Crippen molar-refractivity contribution >= 4 is 39.4 Å². The molecule has 8 heteroatoms. The van der Waals surface area contributed by atoms with Gasteiger partial charge in [-0.3, -0.25) is 4.99 Å². The van der Waals surface area contributed by atoms with Crippen LogP contribution in [0.2, 0.25) is 0 Å². The Balaban J connectivity index is 1.59. The summed E-state index contributed by atoms with van der Waals surface area (Å²) in [5.74, 6) is 2.21. The van der Waals surface area contributed by atoms with E-state index >= 15 is 0 Å². The Kier molecular flexibility index (Phi) is 5.30. The van der Waals surface area contributed by atoms with Gasteiger partial charge in [0.25, 0.3) is 0 Å². The number of thiophene rings is 1. The molecule has 3 aromatic heterocycles. The number of benzene rings is 1. The van der Waals surface area contributed by atoms with Crippen LogP contribution in [0.1, 0.15) is 24.1 Å². The van der Waals surface area contributed by atoms with Crippen LogP contribution in [0.5, 0.6) is 0 Å². The second kappa shape index (κ2) is 8.61. The molecule has 7 nitrogen and oxygen atoms in total. The van der Waals surface area contributed by atoms with Gasteiger partial charge in [-0.1, -0.05) is 36.4 Å². The zero-order chi connectivity index (χ0) is 23.1. The monoisotopic (exact) mass is 468 g/mol. The number of fused-ring (bicyclic) bond motifs is 1. The minimum absolute atomic E-state index is 0.105. The molecule has 170 valence electrons. The summed E-state index contributed by atoms with van der Waals surface area (Å²) in [4.78, 5) is 32.6. The highest BCUT2D eigenvalue weighted by Gasteiger charge is 2.28. The van der Waals surface area contributed by atoms with Crippen LogP contribution in [0.15, 0.2) is 59.9 Å². The first-order chi connectivity index (χ1) is 16.7. The molecule has 1 aliphatic carbocycles. The Morgan fingerprint density at radius 1 is 1.18 bits per heavy atom. The lowest BCUT2D eigenvalue weighted by atomic mass is 10.0. The number of carbonyl (C=O) groups excluding carboxylic acids is 1. The first-order valence-corrected chi connectivity index (χ1v) is 12.3. The van der Waals surface area contributed by atoms with E-state index in [0.29, 0.717) is 12.4 Å². The number of aldehydes is 1. The van der Waals surface area contributed by atoms with Crippen LogP contribution < -0.4 is 5.32 Å². The molecule has 1 aromatic carbocycles. The average Bonchev–Trinajstić information content (AvgIpc) is 3.65. The fourth-order valence-electron chi connectivity index (χ4n) is 4.83. The molecular formula is C26H24N6OS. The summed E-state index contributed by atoms with van der Waals surface area (Å²) >= 11 is 1.64. The molecule has 4 aromatic rings. The number of aliphatic imine (C=N–C) groups is 1. The summed E-state index contributed by atoms with van der Waals surface area (Å²) in [6.45, 7) is 0.697. The molecular weight excluding hydrogens is 444 g/mol. The number of rotatable bonds is 6. The van der Waals surface area contributed by atoms with Gasteiger partial charge >= 0.3 is 0 Å². The van der Waals surface area contributed by atoms with Crippen LogP contribution in [-0.4, -0.2) is 44.1 Å². The third kappa shape index (κ3) is 3.64. The molecule has 2 aliphatic rings. The molecule has 1 aliphatic heterocycles. The van der Waals surface area contributed by atoms with E-state index < -0.39 is 0 Å². The number of allylic oxidation sites excluding steroid dienone is 1. The molecule has 0 amide bonds. The number of carbonyl (C=O) groups is 1. The van der Waals surface area contributed by atoms with Crippen LogP contribution in [-0.2, 0) is 11.8 Å². The highest BCUT2D eigenvalue weighted by atomic mass is 32.1. The van der Waals surface area contributed by atoms with Crippen molar-refractivity contribution in [1.29, 1.82) is 0 Å². The van der Waals surface area contributed by atoms with Crippen LogP contribution in [0.4, 0.5) is 5.82 Å². The van der Waals surface area contributed by atoms with Crippen molar-refractivity contribution in [2.75, 3.05) is 11.9 Å². The van der Waals surface area contributed by atoms with Gasteiger partial charge in [0, 0.05) is 37.0 Å². The predicted octanol–water partition coefficient (Wildman–Crippen LogP) is 4.90. The molecule has 2 atom stereocenters. The molecule has 0 radical (unpaired) electrons. The molecule has 0 saturated heterocycles.